The summed E-state index contributed by atoms with van der Waals surface area (Å²) in [5, 5.41) is 10.8. The third-order valence-corrected chi connectivity index (χ3v) is 5.65. The molecule has 0 aliphatic heterocycles. The van der Waals surface area contributed by atoms with Gasteiger partial charge in [-0.3, -0.25) is 24.0 Å². The van der Waals surface area contributed by atoms with Crippen LogP contribution in [0.5, 0.6) is 0 Å². The fourth-order valence-corrected chi connectivity index (χ4v) is 4.09. The smallest absolute Gasteiger partial charge is 0.332 e. The van der Waals surface area contributed by atoms with Gasteiger partial charge < -0.3 is 8.98 Å². The summed E-state index contributed by atoms with van der Waals surface area (Å²) in [6, 6.07) is 7.64. The van der Waals surface area contributed by atoms with Crippen molar-refractivity contribution in [2.24, 2.45) is 14.1 Å². The lowest BCUT2D eigenvalue weighted by Crippen LogP contribution is -2.37. The van der Waals surface area contributed by atoms with E-state index in [1.807, 2.05) is 24.3 Å². The lowest BCUT2D eigenvalue weighted by molar-refractivity contribution is -0.116. The van der Waals surface area contributed by atoms with E-state index in [1.54, 1.807) is 11.8 Å². The van der Waals surface area contributed by atoms with Gasteiger partial charge in [0.1, 0.15) is 6.54 Å². The largest absolute Gasteiger partial charge is 0.403 e. The Kier molecular flexibility index (Phi) is 5.70. The second kappa shape index (κ2) is 8.46. The van der Waals surface area contributed by atoms with Crippen molar-refractivity contribution in [3.05, 3.63) is 51.4 Å². The molecule has 4 aromatic rings. The summed E-state index contributed by atoms with van der Waals surface area (Å²) in [7, 11) is 2.88. The molecule has 0 unspecified atom stereocenters. The molecule has 0 radical (unpaired) electrons. The Bertz CT molecular complexity index is 1430. The number of aromatic nitrogens is 6. The number of carbonyl (C=O) groups is 1. The zero-order chi connectivity index (χ0) is 23.0. The average molecular weight is 456 g/mol. The van der Waals surface area contributed by atoms with Crippen molar-refractivity contribution in [1.82, 2.24) is 28.9 Å². The van der Waals surface area contributed by atoms with Crippen LogP contribution in [0.2, 0.25) is 0 Å². The Morgan fingerprint density at radius 2 is 1.97 bits per heavy atom. The molecule has 3 heterocycles. The van der Waals surface area contributed by atoms with Crippen molar-refractivity contribution in [3.8, 4) is 11.5 Å². The molecular weight excluding hydrogens is 434 g/mol. The summed E-state index contributed by atoms with van der Waals surface area (Å²) >= 11 is 1.71. The summed E-state index contributed by atoms with van der Waals surface area (Å²) < 4.78 is 9.17. The van der Waals surface area contributed by atoms with Crippen LogP contribution in [-0.2, 0) is 25.4 Å². The molecule has 32 heavy (non-hydrogen) atoms. The molecule has 166 valence electrons. The number of benzene rings is 1. The number of thioether (sulfide) groups is 1. The second-order valence-corrected chi connectivity index (χ2v) is 9.06. The molecule has 1 N–H and O–H groups in total. The van der Waals surface area contributed by atoms with Crippen molar-refractivity contribution >= 4 is 34.8 Å². The molecule has 0 bridgehead atoms. The third kappa shape index (κ3) is 4.08. The van der Waals surface area contributed by atoms with Gasteiger partial charge in [0, 0.05) is 29.8 Å². The van der Waals surface area contributed by atoms with Crippen molar-refractivity contribution in [2.75, 3.05) is 5.32 Å². The van der Waals surface area contributed by atoms with Crippen LogP contribution >= 0.6 is 11.8 Å². The third-order valence-electron chi connectivity index (χ3n) is 4.66. The number of anilines is 1. The normalized spacial score (nSPS) is 11.4. The van der Waals surface area contributed by atoms with Crippen LogP contribution in [0.4, 0.5) is 6.01 Å². The van der Waals surface area contributed by atoms with Crippen LogP contribution in [-0.4, -0.2) is 40.0 Å². The number of amides is 1. The van der Waals surface area contributed by atoms with Crippen LogP contribution in [0, 0.1) is 0 Å². The number of carbonyl (C=O) groups excluding carboxylic acids is 1. The minimum Gasteiger partial charge on any atom is -0.403 e. The van der Waals surface area contributed by atoms with Crippen molar-refractivity contribution in [1.29, 1.82) is 0 Å². The Morgan fingerprint density at radius 3 is 2.72 bits per heavy atom. The molecule has 11 nitrogen and oxygen atoms in total. The van der Waals surface area contributed by atoms with E-state index >= 15 is 0 Å². The summed E-state index contributed by atoms with van der Waals surface area (Å²) in [6.07, 6.45) is 1.34. The highest BCUT2D eigenvalue weighted by Crippen LogP contribution is 2.28. The van der Waals surface area contributed by atoms with Crippen LogP contribution < -0.4 is 16.6 Å². The second-order valence-electron chi connectivity index (χ2n) is 7.41. The zero-order valence-corrected chi connectivity index (χ0v) is 18.7. The summed E-state index contributed by atoms with van der Waals surface area (Å²) in [5.41, 5.74) is 0.0632. The van der Waals surface area contributed by atoms with Crippen LogP contribution in [0.1, 0.15) is 13.8 Å². The van der Waals surface area contributed by atoms with E-state index < -0.39 is 17.2 Å². The molecule has 0 atom stereocenters. The molecule has 0 saturated carbocycles. The highest BCUT2D eigenvalue weighted by molar-refractivity contribution is 7.99. The number of fused-ring (bicyclic) bond motifs is 1. The van der Waals surface area contributed by atoms with Gasteiger partial charge in [0.25, 0.3) is 5.56 Å². The molecule has 1 amide bonds. The number of aryl methyl sites for hydroxylation is 1. The van der Waals surface area contributed by atoms with E-state index in [0.717, 1.165) is 15.0 Å². The molecule has 3 aromatic heterocycles. The number of rotatable bonds is 6. The SMILES string of the molecule is CC(C)Sc1cccc(-c2nnc(NC(=O)Cn3cnc4c3c(=O)n(C)c(=O)n4C)o2)c1. The monoisotopic (exact) mass is 455 g/mol. The van der Waals surface area contributed by atoms with Gasteiger partial charge in [-0.05, 0) is 18.2 Å². The molecule has 0 aliphatic rings. The minimum atomic E-state index is -0.535. The van der Waals surface area contributed by atoms with E-state index in [1.165, 1.54) is 29.6 Å². The van der Waals surface area contributed by atoms with Gasteiger partial charge in [-0.2, -0.15) is 0 Å². The Morgan fingerprint density at radius 1 is 1.19 bits per heavy atom. The maximum Gasteiger partial charge on any atom is 0.332 e. The molecule has 4 rings (SSSR count). The first kappa shape index (κ1) is 21.6. The Hall–Kier alpha value is -3.67. The van der Waals surface area contributed by atoms with Gasteiger partial charge in [-0.1, -0.05) is 25.0 Å². The van der Waals surface area contributed by atoms with E-state index in [0.29, 0.717) is 5.25 Å². The van der Waals surface area contributed by atoms with E-state index in [9.17, 15) is 14.4 Å². The Labute approximate surface area is 186 Å². The Balaban J connectivity index is 1.53. The van der Waals surface area contributed by atoms with Gasteiger partial charge in [-0.15, -0.1) is 16.9 Å². The number of nitrogens with one attached hydrogen (secondary N) is 1. The highest BCUT2D eigenvalue weighted by Gasteiger charge is 2.17. The van der Waals surface area contributed by atoms with Gasteiger partial charge in [0.15, 0.2) is 11.2 Å². The predicted octanol–water partition coefficient (Wildman–Crippen LogP) is 1.62. The number of hydrogen-bond acceptors (Lipinski definition) is 8. The van der Waals surface area contributed by atoms with Crippen molar-refractivity contribution < 1.29 is 9.21 Å². The first-order valence-electron chi connectivity index (χ1n) is 9.76. The van der Waals surface area contributed by atoms with Crippen molar-refractivity contribution in [3.63, 3.8) is 0 Å². The van der Waals surface area contributed by atoms with E-state index in [-0.39, 0.29) is 29.6 Å². The average Bonchev–Trinajstić information content (AvgIpc) is 3.38. The molecule has 0 aliphatic carbocycles. The summed E-state index contributed by atoms with van der Waals surface area (Å²) in [6.45, 7) is 4.00. The van der Waals surface area contributed by atoms with Gasteiger partial charge in [-0.25, -0.2) is 9.78 Å². The zero-order valence-electron chi connectivity index (χ0n) is 17.9. The van der Waals surface area contributed by atoms with Gasteiger partial charge in [0.05, 0.1) is 6.33 Å². The maximum absolute atomic E-state index is 12.5. The first-order chi connectivity index (χ1) is 15.2. The maximum atomic E-state index is 12.5. The minimum absolute atomic E-state index is 0.0587. The number of hydrogen-bond donors (Lipinski definition) is 1. The summed E-state index contributed by atoms with van der Waals surface area (Å²) in [4.78, 5) is 42.2. The molecule has 12 heteroatoms. The standard InChI is InChI=1S/C20H21N7O4S/c1-11(2)32-13-7-5-6-12(8-13)17-23-24-19(31-17)22-14(28)9-27-10-21-16-15(27)18(29)26(4)20(30)25(16)3/h5-8,10-11H,9H2,1-4H3,(H,22,24,28). The van der Waals surface area contributed by atoms with Crippen LogP contribution in [0.3, 0.4) is 0 Å². The van der Waals surface area contributed by atoms with Crippen LogP contribution in [0.15, 0.2) is 49.5 Å². The topological polar surface area (TPSA) is 130 Å². The van der Waals surface area contributed by atoms with Crippen molar-refractivity contribution in [2.45, 2.75) is 30.5 Å². The summed E-state index contributed by atoms with van der Waals surface area (Å²) in [5.74, 6) is -0.206. The van der Waals surface area contributed by atoms with Gasteiger partial charge >= 0.3 is 11.7 Å². The number of imidazole rings is 1. The van der Waals surface area contributed by atoms with E-state index in [2.05, 4.69) is 34.3 Å². The molecule has 1 aromatic carbocycles. The predicted molar refractivity (Wildman–Crippen MR) is 120 cm³/mol. The fourth-order valence-electron chi connectivity index (χ4n) is 3.20. The lowest BCUT2D eigenvalue weighted by Gasteiger charge is -2.06. The lowest BCUT2D eigenvalue weighted by atomic mass is 10.2. The van der Waals surface area contributed by atoms with Gasteiger partial charge in [0.2, 0.25) is 11.8 Å². The first-order valence-corrected chi connectivity index (χ1v) is 10.6. The molecule has 0 fully saturated rings. The fraction of sp³-hybridized carbons (Fsp3) is 0.300. The molecular formula is C20H21N7O4S. The van der Waals surface area contributed by atoms with E-state index in [4.69, 9.17) is 4.42 Å². The highest BCUT2D eigenvalue weighted by atomic mass is 32.2. The molecule has 0 saturated heterocycles. The molecule has 0 spiro atoms. The quantitative estimate of drug-likeness (QED) is 0.434. The van der Waals surface area contributed by atoms with Crippen LogP contribution in [0.25, 0.3) is 22.6 Å². The number of nitrogens with zero attached hydrogens (tertiary/aromatic N) is 6.